The lowest BCUT2D eigenvalue weighted by molar-refractivity contribution is -0.150. The van der Waals surface area contributed by atoms with Crippen LogP contribution in [0.15, 0.2) is 42.5 Å². The molecule has 2 aromatic carbocycles. The first-order valence-electron chi connectivity index (χ1n) is 11.8. The lowest BCUT2D eigenvalue weighted by Gasteiger charge is -2.33. The molecule has 0 fully saturated rings. The van der Waals surface area contributed by atoms with Gasteiger partial charge in [0.05, 0.1) is 13.2 Å². The van der Waals surface area contributed by atoms with Crippen LogP contribution in [-0.4, -0.2) is 47.2 Å². The number of fused-ring (bicyclic) bond motifs is 2. The number of carbonyl (C=O) groups excluding carboxylic acids is 3. The minimum atomic E-state index is -1.15. The molecular formula is C27H32N2O5. The van der Waals surface area contributed by atoms with Gasteiger partial charge in [0.25, 0.3) is 5.91 Å². The minimum absolute atomic E-state index is 0.235. The fourth-order valence-electron chi connectivity index (χ4n) is 4.73. The highest BCUT2D eigenvalue weighted by Gasteiger charge is 2.46. The molecule has 0 bridgehead atoms. The molecule has 0 saturated carbocycles. The predicted molar refractivity (Wildman–Crippen MR) is 127 cm³/mol. The van der Waals surface area contributed by atoms with E-state index < -0.39 is 23.2 Å². The normalized spacial score (nSPS) is 16.3. The summed E-state index contributed by atoms with van der Waals surface area (Å²) in [6.07, 6.45) is 0.992. The molecule has 1 heterocycles. The van der Waals surface area contributed by atoms with Gasteiger partial charge in [0.15, 0.2) is 0 Å². The number of carbonyl (C=O) groups is 3. The van der Waals surface area contributed by atoms with E-state index in [1.807, 2.05) is 57.2 Å². The molecule has 1 N–H and O–H groups in total. The molecule has 7 heteroatoms. The van der Waals surface area contributed by atoms with Crippen molar-refractivity contribution in [2.45, 2.75) is 64.6 Å². The van der Waals surface area contributed by atoms with Gasteiger partial charge in [-0.25, -0.2) is 9.59 Å². The zero-order chi connectivity index (χ0) is 24.5. The molecule has 34 heavy (non-hydrogen) atoms. The van der Waals surface area contributed by atoms with Crippen LogP contribution in [0.25, 0.3) is 0 Å². The van der Waals surface area contributed by atoms with Gasteiger partial charge in [0.2, 0.25) is 0 Å². The Morgan fingerprint density at radius 1 is 1.00 bits per heavy atom. The van der Waals surface area contributed by atoms with E-state index in [4.69, 9.17) is 9.47 Å². The smallest absolute Gasteiger partial charge is 0.410 e. The van der Waals surface area contributed by atoms with Gasteiger partial charge < -0.3 is 19.7 Å². The molecule has 2 aliphatic rings. The highest BCUT2D eigenvalue weighted by Crippen LogP contribution is 2.32. The molecule has 7 nitrogen and oxygen atoms in total. The molecule has 0 radical (unpaired) electrons. The molecule has 0 spiro atoms. The van der Waals surface area contributed by atoms with Crippen molar-refractivity contribution in [1.29, 1.82) is 0 Å². The van der Waals surface area contributed by atoms with E-state index in [9.17, 15) is 14.4 Å². The molecular weight excluding hydrogens is 432 g/mol. The Labute approximate surface area is 200 Å². The molecule has 0 unspecified atom stereocenters. The number of benzene rings is 2. The largest absolute Gasteiger partial charge is 0.464 e. The van der Waals surface area contributed by atoms with E-state index in [2.05, 4.69) is 5.32 Å². The molecule has 2 aromatic rings. The summed E-state index contributed by atoms with van der Waals surface area (Å²) in [5.74, 6) is -0.775. The Morgan fingerprint density at radius 3 is 2.26 bits per heavy atom. The maximum Gasteiger partial charge on any atom is 0.410 e. The summed E-state index contributed by atoms with van der Waals surface area (Å²) in [5, 5.41) is 3.02. The number of nitrogens with zero attached hydrogens (tertiary/aromatic N) is 1. The highest BCUT2D eigenvalue weighted by molar-refractivity contribution is 6.00. The number of hydrogen-bond donors (Lipinski definition) is 1. The van der Waals surface area contributed by atoms with E-state index in [1.165, 1.54) is 0 Å². The zero-order valence-electron chi connectivity index (χ0n) is 20.3. The van der Waals surface area contributed by atoms with Crippen molar-refractivity contribution in [2.75, 3.05) is 13.2 Å². The first-order chi connectivity index (χ1) is 16.1. The number of ether oxygens (including phenoxy) is 2. The fourth-order valence-corrected chi connectivity index (χ4v) is 4.73. The summed E-state index contributed by atoms with van der Waals surface area (Å²) >= 11 is 0. The molecule has 0 atom stereocenters. The molecule has 4 rings (SSSR count). The van der Waals surface area contributed by atoms with Crippen molar-refractivity contribution < 1.29 is 23.9 Å². The Balaban J connectivity index is 1.60. The van der Waals surface area contributed by atoms with Crippen LogP contribution < -0.4 is 5.32 Å². The van der Waals surface area contributed by atoms with Crippen LogP contribution in [0.4, 0.5) is 4.79 Å². The monoisotopic (exact) mass is 464 g/mol. The van der Waals surface area contributed by atoms with Crippen LogP contribution in [-0.2, 0) is 40.1 Å². The summed E-state index contributed by atoms with van der Waals surface area (Å²) in [5.41, 5.74) is 2.57. The Bertz CT molecular complexity index is 1090. The van der Waals surface area contributed by atoms with Crippen LogP contribution >= 0.6 is 0 Å². The Kier molecular flexibility index (Phi) is 6.39. The van der Waals surface area contributed by atoms with Gasteiger partial charge in [0, 0.05) is 24.9 Å². The van der Waals surface area contributed by atoms with Gasteiger partial charge in [-0.2, -0.15) is 0 Å². The number of rotatable bonds is 4. The van der Waals surface area contributed by atoms with Gasteiger partial charge in [-0.1, -0.05) is 36.4 Å². The van der Waals surface area contributed by atoms with Crippen LogP contribution in [0.2, 0.25) is 0 Å². The fraction of sp³-hybridized carbons (Fsp3) is 0.444. The maximum atomic E-state index is 13.6. The van der Waals surface area contributed by atoms with Gasteiger partial charge in [-0.05, 0) is 62.4 Å². The molecule has 0 aromatic heterocycles. The summed E-state index contributed by atoms with van der Waals surface area (Å²) < 4.78 is 10.9. The zero-order valence-corrected chi connectivity index (χ0v) is 20.3. The van der Waals surface area contributed by atoms with Crippen molar-refractivity contribution in [3.63, 3.8) is 0 Å². The van der Waals surface area contributed by atoms with Crippen molar-refractivity contribution in [3.8, 4) is 0 Å². The summed E-state index contributed by atoms with van der Waals surface area (Å²) in [6.45, 7) is 8.28. The van der Waals surface area contributed by atoms with Gasteiger partial charge >= 0.3 is 12.1 Å². The Hall–Kier alpha value is -3.35. The van der Waals surface area contributed by atoms with Crippen molar-refractivity contribution in [2.24, 2.45) is 0 Å². The van der Waals surface area contributed by atoms with E-state index >= 15 is 0 Å². The lowest BCUT2D eigenvalue weighted by atomic mass is 9.92. The van der Waals surface area contributed by atoms with Gasteiger partial charge in [-0.3, -0.25) is 4.79 Å². The Morgan fingerprint density at radius 2 is 1.65 bits per heavy atom. The van der Waals surface area contributed by atoms with Gasteiger partial charge in [-0.15, -0.1) is 0 Å². The number of hydrogen-bond acceptors (Lipinski definition) is 5. The average Bonchev–Trinajstić information content (AvgIpc) is 3.16. The van der Waals surface area contributed by atoms with E-state index in [1.54, 1.807) is 17.9 Å². The van der Waals surface area contributed by atoms with E-state index in [0.717, 1.165) is 22.3 Å². The summed E-state index contributed by atoms with van der Waals surface area (Å²) in [4.78, 5) is 40.9. The molecule has 180 valence electrons. The van der Waals surface area contributed by atoms with Crippen LogP contribution in [0, 0.1) is 0 Å². The topological polar surface area (TPSA) is 84.9 Å². The summed E-state index contributed by atoms with van der Waals surface area (Å²) in [7, 11) is 0. The van der Waals surface area contributed by atoms with Crippen LogP contribution in [0.5, 0.6) is 0 Å². The second kappa shape index (κ2) is 9.12. The number of amides is 2. The minimum Gasteiger partial charge on any atom is -0.464 e. The molecule has 1 aliphatic heterocycles. The number of esters is 1. The van der Waals surface area contributed by atoms with Crippen molar-refractivity contribution in [1.82, 2.24) is 10.2 Å². The first kappa shape index (κ1) is 23.8. The van der Waals surface area contributed by atoms with Crippen molar-refractivity contribution in [3.05, 3.63) is 70.3 Å². The average molecular weight is 465 g/mol. The molecule has 1 aliphatic carbocycles. The summed E-state index contributed by atoms with van der Waals surface area (Å²) in [6, 6.07) is 13.4. The predicted octanol–water partition coefficient (Wildman–Crippen LogP) is 3.81. The quantitative estimate of drug-likeness (QED) is 0.696. The molecule has 2 amide bonds. The van der Waals surface area contributed by atoms with Crippen molar-refractivity contribution >= 4 is 18.0 Å². The highest BCUT2D eigenvalue weighted by atomic mass is 16.6. The first-order valence-corrected chi connectivity index (χ1v) is 11.8. The molecule has 0 saturated heterocycles. The third kappa shape index (κ3) is 4.79. The third-order valence-electron chi connectivity index (χ3n) is 6.29. The van der Waals surface area contributed by atoms with E-state index in [0.29, 0.717) is 31.4 Å². The number of nitrogens with one attached hydrogen (secondary N) is 1. The SMILES string of the molecule is CCOC(=O)C1(NC(=O)c2cccc3c2CN(C(=O)OC(C)(C)C)CC3)Cc2ccccc2C1. The van der Waals surface area contributed by atoms with Crippen LogP contribution in [0.1, 0.15) is 60.3 Å². The van der Waals surface area contributed by atoms with Crippen LogP contribution in [0.3, 0.4) is 0 Å². The second-order valence-corrected chi connectivity index (χ2v) is 9.97. The van der Waals surface area contributed by atoms with Gasteiger partial charge in [0.1, 0.15) is 11.1 Å². The standard InChI is InChI=1S/C27H32N2O5/c1-5-33-24(31)27(15-19-9-6-7-10-20(19)16-27)28-23(30)21-12-8-11-18-13-14-29(17-22(18)21)25(32)34-26(2,3)4/h6-12H,5,13-17H2,1-4H3,(H,28,30). The maximum absolute atomic E-state index is 13.6. The van der Waals surface area contributed by atoms with E-state index in [-0.39, 0.29) is 19.1 Å². The lowest BCUT2D eigenvalue weighted by Crippen LogP contribution is -2.56. The second-order valence-electron chi connectivity index (χ2n) is 9.97. The third-order valence-corrected chi connectivity index (χ3v) is 6.29.